The standard InChI is InChI=1S/C18H24N2O/c1-5-8-19-11-16-9-15(4)18(20-12-16)21-17-7-6-13(2)14(3)10-17/h6-7,9-10,12,19H,5,8,11H2,1-4H3. The number of nitrogens with one attached hydrogen (secondary N) is 1. The van der Waals surface area contributed by atoms with Crippen LogP contribution in [0.15, 0.2) is 30.5 Å². The molecular formula is C18H24N2O. The number of hydrogen-bond donors (Lipinski definition) is 1. The van der Waals surface area contributed by atoms with Gasteiger partial charge in [-0.15, -0.1) is 0 Å². The Morgan fingerprint density at radius 2 is 1.86 bits per heavy atom. The fourth-order valence-corrected chi connectivity index (χ4v) is 2.12. The summed E-state index contributed by atoms with van der Waals surface area (Å²) in [4.78, 5) is 4.44. The summed E-state index contributed by atoms with van der Waals surface area (Å²) in [5.74, 6) is 1.52. The topological polar surface area (TPSA) is 34.2 Å². The van der Waals surface area contributed by atoms with Crippen LogP contribution in [0.3, 0.4) is 0 Å². The summed E-state index contributed by atoms with van der Waals surface area (Å²) in [7, 11) is 0. The van der Waals surface area contributed by atoms with E-state index in [-0.39, 0.29) is 0 Å². The minimum absolute atomic E-state index is 0.678. The minimum Gasteiger partial charge on any atom is -0.439 e. The minimum atomic E-state index is 0.678. The van der Waals surface area contributed by atoms with Gasteiger partial charge in [0, 0.05) is 18.3 Å². The van der Waals surface area contributed by atoms with E-state index in [1.807, 2.05) is 25.3 Å². The summed E-state index contributed by atoms with van der Waals surface area (Å²) in [6.07, 6.45) is 3.02. The Morgan fingerprint density at radius 3 is 2.52 bits per heavy atom. The number of nitrogens with zero attached hydrogens (tertiary/aromatic N) is 1. The monoisotopic (exact) mass is 284 g/mol. The third-order valence-corrected chi connectivity index (χ3v) is 3.54. The van der Waals surface area contributed by atoms with E-state index < -0.39 is 0 Å². The molecule has 0 fully saturated rings. The molecule has 1 heterocycles. The van der Waals surface area contributed by atoms with Crippen molar-refractivity contribution in [2.75, 3.05) is 6.54 Å². The van der Waals surface area contributed by atoms with Crippen molar-refractivity contribution in [2.45, 2.75) is 40.7 Å². The maximum Gasteiger partial charge on any atom is 0.222 e. The quantitative estimate of drug-likeness (QED) is 0.803. The Balaban J connectivity index is 2.08. The molecule has 0 saturated carbocycles. The van der Waals surface area contributed by atoms with Gasteiger partial charge in [0.25, 0.3) is 0 Å². The van der Waals surface area contributed by atoms with E-state index in [9.17, 15) is 0 Å². The maximum atomic E-state index is 5.89. The lowest BCUT2D eigenvalue weighted by atomic mass is 10.1. The zero-order valence-electron chi connectivity index (χ0n) is 13.4. The van der Waals surface area contributed by atoms with Crippen LogP contribution in [0.25, 0.3) is 0 Å². The van der Waals surface area contributed by atoms with Crippen LogP contribution in [-0.4, -0.2) is 11.5 Å². The van der Waals surface area contributed by atoms with Crippen molar-refractivity contribution in [1.29, 1.82) is 0 Å². The van der Waals surface area contributed by atoms with Gasteiger partial charge in [0.2, 0.25) is 5.88 Å². The Hall–Kier alpha value is -1.87. The largest absolute Gasteiger partial charge is 0.439 e. The summed E-state index contributed by atoms with van der Waals surface area (Å²) < 4.78 is 5.89. The smallest absolute Gasteiger partial charge is 0.222 e. The first kappa shape index (κ1) is 15.5. The molecule has 0 radical (unpaired) electrons. The highest BCUT2D eigenvalue weighted by Gasteiger charge is 2.05. The van der Waals surface area contributed by atoms with Crippen LogP contribution in [0.4, 0.5) is 0 Å². The maximum absolute atomic E-state index is 5.89. The predicted molar refractivity (Wildman–Crippen MR) is 87.0 cm³/mol. The number of aromatic nitrogens is 1. The van der Waals surface area contributed by atoms with E-state index >= 15 is 0 Å². The van der Waals surface area contributed by atoms with Crippen LogP contribution in [0.1, 0.15) is 35.6 Å². The number of pyridine rings is 1. The van der Waals surface area contributed by atoms with Gasteiger partial charge in [-0.3, -0.25) is 0 Å². The lowest BCUT2D eigenvalue weighted by molar-refractivity contribution is 0.457. The van der Waals surface area contributed by atoms with Gasteiger partial charge in [-0.05, 0) is 68.6 Å². The molecule has 1 aromatic heterocycles. The third kappa shape index (κ3) is 4.30. The lowest BCUT2D eigenvalue weighted by Crippen LogP contribution is -2.14. The Bertz CT molecular complexity index is 608. The van der Waals surface area contributed by atoms with Crippen molar-refractivity contribution in [3.63, 3.8) is 0 Å². The van der Waals surface area contributed by atoms with Crippen molar-refractivity contribution >= 4 is 0 Å². The van der Waals surface area contributed by atoms with Gasteiger partial charge in [0.1, 0.15) is 5.75 Å². The van der Waals surface area contributed by atoms with E-state index in [0.29, 0.717) is 5.88 Å². The van der Waals surface area contributed by atoms with Gasteiger partial charge in [0.05, 0.1) is 0 Å². The Labute approximate surface area is 127 Å². The van der Waals surface area contributed by atoms with Crippen LogP contribution >= 0.6 is 0 Å². The molecule has 112 valence electrons. The average molecular weight is 284 g/mol. The molecule has 0 unspecified atom stereocenters. The molecule has 0 saturated heterocycles. The molecule has 2 rings (SSSR count). The van der Waals surface area contributed by atoms with Crippen LogP contribution < -0.4 is 10.1 Å². The molecule has 0 aliphatic rings. The number of benzene rings is 1. The zero-order valence-corrected chi connectivity index (χ0v) is 13.4. The molecule has 3 heteroatoms. The first-order valence-corrected chi connectivity index (χ1v) is 7.51. The van der Waals surface area contributed by atoms with Crippen LogP contribution in [0.2, 0.25) is 0 Å². The third-order valence-electron chi connectivity index (χ3n) is 3.54. The number of rotatable bonds is 6. The molecule has 21 heavy (non-hydrogen) atoms. The summed E-state index contributed by atoms with van der Waals surface area (Å²) in [6, 6.07) is 8.24. The molecule has 0 atom stereocenters. The highest BCUT2D eigenvalue weighted by atomic mass is 16.5. The van der Waals surface area contributed by atoms with Crippen molar-refractivity contribution < 1.29 is 4.74 Å². The molecule has 3 nitrogen and oxygen atoms in total. The molecule has 2 aromatic rings. The second kappa shape index (κ2) is 7.23. The van der Waals surface area contributed by atoms with Crippen LogP contribution in [-0.2, 0) is 6.54 Å². The predicted octanol–water partition coefficient (Wildman–Crippen LogP) is 4.30. The first-order chi connectivity index (χ1) is 10.1. The van der Waals surface area contributed by atoms with E-state index in [2.05, 4.69) is 43.2 Å². The van der Waals surface area contributed by atoms with Gasteiger partial charge < -0.3 is 10.1 Å². The van der Waals surface area contributed by atoms with Gasteiger partial charge in [-0.25, -0.2) is 4.98 Å². The van der Waals surface area contributed by atoms with E-state index in [0.717, 1.165) is 30.8 Å². The summed E-state index contributed by atoms with van der Waals surface area (Å²) in [6.45, 7) is 10.3. The molecule has 0 aliphatic carbocycles. The summed E-state index contributed by atoms with van der Waals surface area (Å²) in [5, 5.41) is 3.38. The fraction of sp³-hybridized carbons (Fsp3) is 0.389. The number of hydrogen-bond acceptors (Lipinski definition) is 3. The molecule has 1 aromatic carbocycles. The van der Waals surface area contributed by atoms with E-state index in [4.69, 9.17) is 4.74 Å². The van der Waals surface area contributed by atoms with Gasteiger partial charge >= 0.3 is 0 Å². The van der Waals surface area contributed by atoms with Gasteiger partial charge in [-0.2, -0.15) is 0 Å². The summed E-state index contributed by atoms with van der Waals surface area (Å²) in [5.41, 5.74) is 4.74. The summed E-state index contributed by atoms with van der Waals surface area (Å²) >= 11 is 0. The van der Waals surface area contributed by atoms with Crippen LogP contribution in [0.5, 0.6) is 11.6 Å². The average Bonchev–Trinajstić information content (AvgIpc) is 2.46. The second-order valence-electron chi connectivity index (χ2n) is 5.49. The van der Waals surface area contributed by atoms with Gasteiger partial charge in [-0.1, -0.05) is 13.0 Å². The van der Waals surface area contributed by atoms with Gasteiger partial charge in [0.15, 0.2) is 0 Å². The molecule has 1 N–H and O–H groups in total. The molecule has 0 spiro atoms. The zero-order chi connectivity index (χ0) is 15.2. The number of ether oxygens (including phenoxy) is 1. The molecule has 0 bridgehead atoms. The van der Waals surface area contributed by atoms with Crippen molar-refractivity contribution in [2.24, 2.45) is 0 Å². The highest BCUT2D eigenvalue weighted by Crippen LogP contribution is 2.25. The van der Waals surface area contributed by atoms with E-state index in [1.54, 1.807) is 0 Å². The first-order valence-electron chi connectivity index (χ1n) is 7.51. The van der Waals surface area contributed by atoms with Crippen molar-refractivity contribution in [3.8, 4) is 11.6 Å². The molecular weight excluding hydrogens is 260 g/mol. The fourth-order valence-electron chi connectivity index (χ4n) is 2.12. The Kier molecular flexibility index (Phi) is 5.34. The van der Waals surface area contributed by atoms with Crippen LogP contribution in [0, 0.1) is 20.8 Å². The normalized spacial score (nSPS) is 10.7. The lowest BCUT2D eigenvalue weighted by Gasteiger charge is -2.11. The second-order valence-corrected chi connectivity index (χ2v) is 5.49. The van der Waals surface area contributed by atoms with Crippen molar-refractivity contribution in [1.82, 2.24) is 10.3 Å². The highest BCUT2D eigenvalue weighted by molar-refractivity contribution is 5.38. The molecule has 0 aliphatic heterocycles. The van der Waals surface area contributed by atoms with Crippen molar-refractivity contribution in [3.05, 3.63) is 52.7 Å². The van der Waals surface area contributed by atoms with E-state index in [1.165, 1.54) is 16.7 Å². The molecule has 0 amide bonds. The number of aryl methyl sites for hydroxylation is 3. The Morgan fingerprint density at radius 1 is 1.05 bits per heavy atom. The SMILES string of the molecule is CCCNCc1cnc(Oc2ccc(C)c(C)c2)c(C)c1.